The van der Waals surface area contributed by atoms with Crippen molar-refractivity contribution in [3.63, 3.8) is 0 Å². The Morgan fingerprint density at radius 2 is 1.73 bits per heavy atom. The van der Waals surface area contributed by atoms with Crippen molar-refractivity contribution in [2.45, 2.75) is 31.7 Å². The minimum absolute atomic E-state index is 0.0195. The van der Waals surface area contributed by atoms with Crippen LogP contribution >= 0.6 is 11.6 Å². The van der Waals surface area contributed by atoms with E-state index in [1.54, 1.807) is 0 Å². The van der Waals surface area contributed by atoms with Gasteiger partial charge in [0.2, 0.25) is 0 Å². The molecule has 0 aromatic heterocycles. The standard InChI is InChI=1S/C19H20ClNO/c20-16-11-5-6-12-17(16)21-19(14-8-2-1-3-9-14)15-10-4-7-13-18(15)22/h1-3,5-6,8-9,11-12,15,19,21H,4,7,10,13H2/t15-,19+/m0/s1. The van der Waals surface area contributed by atoms with E-state index in [1.807, 2.05) is 42.5 Å². The molecule has 3 heteroatoms. The van der Waals surface area contributed by atoms with Crippen LogP contribution in [-0.2, 0) is 4.79 Å². The highest BCUT2D eigenvalue weighted by Gasteiger charge is 2.31. The van der Waals surface area contributed by atoms with E-state index in [2.05, 4.69) is 17.4 Å². The molecule has 0 bridgehead atoms. The topological polar surface area (TPSA) is 29.1 Å². The van der Waals surface area contributed by atoms with Gasteiger partial charge in [-0.05, 0) is 30.5 Å². The zero-order valence-corrected chi connectivity index (χ0v) is 13.2. The summed E-state index contributed by atoms with van der Waals surface area (Å²) in [6.45, 7) is 0. The maximum atomic E-state index is 12.4. The summed E-state index contributed by atoms with van der Waals surface area (Å²) in [5.41, 5.74) is 2.03. The third-order valence-electron chi connectivity index (χ3n) is 4.35. The fourth-order valence-electron chi connectivity index (χ4n) is 3.18. The number of halogens is 1. The summed E-state index contributed by atoms with van der Waals surface area (Å²) in [5.74, 6) is 0.382. The van der Waals surface area contributed by atoms with E-state index >= 15 is 0 Å². The zero-order valence-electron chi connectivity index (χ0n) is 12.5. The maximum absolute atomic E-state index is 12.4. The average molecular weight is 314 g/mol. The Morgan fingerprint density at radius 1 is 1.00 bits per heavy atom. The van der Waals surface area contributed by atoms with Crippen molar-refractivity contribution in [1.82, 2.24) is 0 Å². The van der Waals surface area contributed by atoms with Crippen molar-refractivity contribution in [2.75, 3.05) is 5.32 Å². The van der Waals surface area contributed by atoms with Crippen LogP contribution in [0.3, 0.4) is 0 Å². The normalized spacial score (nSPS) is 19.7. The molecule has 2 nitrogen and oxygen atoms in total. The quantitative estimate of drug-likeness (QED) is 0.835. The molecule has 2 aromatic carbocycles. The molecule has 2 aromatic rings. The molecule has 3 rings (SSSR count). The first-order chi connectivity index (χ1) is 10.8. The lowest BCUT2D eigenvalue weighted by Crippen LogP contribution is -2.30. The number of Topliss-reactive ketones (excluding diaryl/α,β-unsaturated/α-hetero) is 1. The van der Waals surface area contributed by atoms with E-state index in [1.165, 1.54) is 0 Å². The van der Waals surface area contributed by atoms with Crippen molar-refractivity contribution < 1.29 is 4.79 Å². The molecule has 0 spiro atoms. The first-order valence-corrected chi connectivity index (χ1v) is 8.22. The van der Waals surface area contributed by atoms with Crippen LogP contribution in [0.15, 0.2) is 54.6 Å². The molecular weight excluding hydrogens is 294 g/mol. The fourth-order valence-corrected chi connectivity index (χ4v) is 3.38. The van der Waals surface area contributed by atoms with E-state index in [-0.39, 0.29) is 12.0 Å². The summed E-state index contributed by atoms with van der Waals surface area (Å²) in [7, 11) is 0. The molecule has 0 aliphatic heterocycles. The van der Waals surface area contributed by atoms with Gasteiger partial charge >= 0.3 is 0 Å². The molecule has 0 heterocycles. The number of hydrogen-bond donors (Lipinski definition) is 1. The maximum Gasteiger partial charge on any atom is 0.138 e. The Kier molecular flexibility index (Phi) is 4.79. The number of anilines is 1. The molecule has 2 atom stereocenters. The Labute approximate surface area is 136 Å². The summed E-state index contributed by atoms with van der Waals surface area (Å²) < 4.78 is 0. The molecule has 22 heavy (non-hydrogen) atoms. The van der Waals surface area contributed by atoms with Crippen LogP contribution in [0.1, 0.15) is 37.3 Å². The summed E-state index contributed by atoms with van der Waals surface area (Å²) in [4.78, 5) is 12.4. The number of carbonyl (C=O) groups excluding carboxylic acids is 1. The van der Waals surface area contributed by atoms with Crippen LogP contribution in [0, 0.1) is 5.92 Å². The summed E-state index contributed by atoms with van der Waals surface area (Å²) in [6, 6.07) is 17.9. The predicted molar refractivity (Wildman–Crippen MR) is 91.2 cm³/mol. The lowest BCUT2D eigenvalue weighted by Gasteiger charge is -2.31. The number of carbonyl (C=O) groups is 1. The van der Waals surface area contributed by atoms with Crippen molar-refractivity contribution in [2.24, 2.45) is 5.92 Å². The van der Waals surface area contributed by atoms with Crippen LogP contribution in [0.5, 0.6) is 0 Å². The minimum Gasteiger partial charge on any atom is -0.376 e. The van der Waals surface area contributed by atoms with Gasteiger partial charge in [-0.3, -0.25) is 4.79 Å². The number of nitrogens with one attached hydrogen (secondary N) is 1. The zero-order chi connectivity index (χ0) is 15.4. The second-order valence-electron chi connectivity index (χ2n) is 5.83. The van der Waals surface area contributed by atoms with Gasteiger partial charge in [-0.25, -0.2) is 0 Å². The number of benzene rings is 2. The highest BCUT2D eigenvalue weighted by Crippen LogP contribution is 2.36. The third kappa shape index (κ3) is 3.33. The minimum atomic E-state index is -0.0195. The summed E-state index contributed by atoms with van der Waals surface area (Å²) in [6.07, 6.45) is 3.76. The van der Waals surface area contributed by atoms with Gasteiger partial charge in [0.05, 0.1) is 16.8 Å². The second kappa shape index (κ2) is 6.97. The largest absolute Gasteiger partial charge is 0.376 e. The van der Waals surface area contributed by atoms with Crippen LogP contribution in [0.25, 0.3) is 0 Å². The van der Waals surface area contributed by atoms with Gasteiger partial charge in [0.15, 0.2) is 0 Å². The molecule has 0 saturated heterocycles. The first kappa shape index (κ1) is 15.1. The lowest BCUT2D eigenvalue weighted by atomic mass is 9.80. The van der Waals surface area contributed by atoms with Gasteiger partial charge < -0.3 is 5.32 Å². The molecule has 0 radical (unpaired) electrons. The number of para-hydroxylation sites is 1. The van der Waals surface area contributed by atoms with E-state index in [4.69, 9.17) is 11.6 Å². The first-order valence-electron chi connectivity index (χ1n) is 7.84. The Bertz CT molecular complexity index is 641. The molecule has 1 aliphatic carbocycles. The molecule has 1 saturated carbocycles. The number of hydrogen-bond acceptors (Lipinski definition) is 2. The van der Waals surface area contributed by atoms with Crippen LogP contribution in [-0.4, -0.2) is 5.78 Å². The summed E-state index contributed by atoms with van der Waals surface area (Å²) in [5, 5.41) is 4.20. The van der Waals surface area contributed by atoms with E-state index in [9.17, 15) is 4.79 Å². The molecular formula is C19H20ClNO. The SMILES string of the molecule is O=C1CCCC[C@@H]1[C@H](Nc1ccccc1Cl)c1ccccc1. The van der Waals surface area contributed by atoms with Crippen molar-refractivity contribution in [1.29, 1.82) is 0 Å². The van der Waals surface area contributed by atoms with Crippen molar-refractivity contribution >= 4 is 23.1 Å². The van der Waals surface area contributed by atoms with Gasteiger partial charge in [0.1, 0.15) is 5.78 Å². The summed E-state index contributed by atoms with van der Waals surface area (Å²) >= 11 is 6.28. The van der Waals surface area contributed by atoms with Crippen LogP contribution in [0.4, 0.5) is 5.69 Å². The smallest absolute Gasteiger partial charge is 0.138 e. The van der Waals surface area contributed by atoms with E-state index in [0.717, 1.165) is 30.5 Å². The molecule has 1 N–H and O–H groups in total. The lowest BCUT2D eigenvalue weighted by molar-refractivity contribution is -0.125. The second-order valence-corrected chi connectivity index (χ2v) is 6.24. The van der Waals surface area contributed by atoms with Gasteiger partial charge in [-0.15, -0.1) is 0 Å². The Balaban J connectivity index is 1.93. The molecule has 1 fully saturated rings. The molecule has 1 aliphatic rings. The number of rotatable bonds is 4. The molecule has 0 amide bonds. The average Bonchev–Trinajstić information content (AvgIpc) is 2.56. The van der Waals surface area contributed by atoms with Crippen LogP contribution in [0.2, 0.25) is 5.02 Å². The predicted octanol–water partition coefficient (Wildman–Crippen LogP) is 5.25. The number of ketones is 1. The van der Waals surface area contributed by atoms with Gasteiger partial charge in [-0.2, -0.15) is 0 Å². The third-order valence-corrected chi connectivity index (χ3v) is 4.68. The van der Waals surface area contributed by atoms with Crippen molar-refractivity contribution in [3.8, 4) is 0 Å². The molecule has 114 valence electrons. The molecule has 0 unspecified atom stereocenters. The van der Waals surface area contributed by atoms with Crippen molar-refractivity contribution in [3.05, 3.63) is 65.2 Å². The van der Waals surface area contributed by atoms with Crippen LogP contribution < -0.4 is 5.32 Å². The van der Waals surface area contributed by atoms with Gasteiger partial charge in [0, 0.05) is 12.3 Å². The Hall–Kier alpha value is -1.80. The fraction of sp³-hybridized carbons (Fsp3) is 0.316. The highest BCUT2D eigenvalue weighted by atomic mass is 35.5. The van der Waals surface area contributed by atoms with E-state index in [0.29, 0.717) is 17.2 Å². The highest BCUT2D eigenvalue weighted by molar-refractivity contribution is 6.33. The monoisotopic (exact) mass is 313 g/mol. The van der Waals surface area contributed by atoms with E-state index < -0.39 is 0 Å². The van der Waals surface area contributed by atoms with Gasteiger partial charge in [0.25, 0.3) is 0 Å². The van der Waals surface area contributed by atoms with Gasteiger partial charge in [-0.1, -0.05) is 60.5 Å². The Morgan fingerprint density at radius 3 is 2.45 bits per heavy atom.